The highest BCUT2D eigenvalue weighted by Crippen LogP contribution is 2.27. The van der Waals surface area contributed by atoms with Crippen molar-refractivity contribution in [3.63, 3.8) is 0 Å². The summed E-state index contributed by atoms with van der Waals surface area (Å²) in [5.41, 5.74) is 3.82. The predicted octanol–water partition coefficient (Wildman–Crippen LogP) is 4.38. The smallest absolute Gasteiger partial charge is 0.250 e. The van der Waals surface area contributed by atoms with Crippen LogP contribution in [-0.2, 0) is 6.54 Å². The third-order valence-corrected chi connectivity index (χ3v) is 5.34. The molecule has 6 nitrogen and oxygen atoms in total. The molecule has 152 valence electrons. The summed E-state index contributed by atoms with van der Waals surface area (Å²) < 4.78 is 9.55. The molecule has 0 spiro atoms. The van der Waals surface area contributed by atoms with Gasteiger partial charge in [-0.3, -0.25) is 4.79 Å². The molecule has 0 unspecified atom stereocenters. The number of nitrogens with zero attached hydrogens (tertiary/aromatic N) is 4. The lowest BCUT2D eigenvalue weighted by molar-refractivity contribution is 0.201. The van der Waals surface area contributed by atoms with E-state index in [2.05, 4.69) is 23.9 Å². The Labute approximate surface area is 171 Å². The Morgan fingerprint density at radius 2 is 1.93 bits per heavy atom. The predicted molar refractivity (Wildman–Crippen MR) is 114 cm³/mol. The van der Waals surface area contributed by atoms with E-state index in [1.54, 1.807) is 21.4 Å². The molecule has 4 rings (SSSR count). The zero-order chi connectivity index (χ0) is 20.4. The number of hydrogen-bond acceptors (Lipinski definition) is 4. The molecule has 0 radical (unpaired) electrons. The van der Waals surface area contributed by atoms with Gasteiger partial charge in [0.1, 0.15) is 6.10 Å². The van der Waals surface area contributed by atoms with Gasteiger partial charge in [-0.25, -0.2) is 9.67 Å². The van der Waals surface area contributed by atoms with E-state index in [0.717, 1.165) is 35.3 Å². The fourth-order valence-electron chi connectivity index (χ4n) is 3.88. The van der Waals surface area contributed by atoms with Gasteiger partial charge < -0.3 is 9.30 Å². The highest BCUT2D eigenvalue weighted by molar-refractivity contribution is 5.65. The summed E-state index contributed by atoms with van der Waals surface area (Å²) >= 11 is 0. The van der Waals surface area contributed by atoms with Crippen LogP contribution in [-0.4, -0.2) is 25.4 Å². The first-order chi connectivity index (χ1) is 14.0. The van der Waals surface area contributed by atoms with Crippen LogP contribution in [0.25, 0.3) is 16.8 Å². The van der Waals surface area contributed by atoms with Gasteiger partial charge >= 0.3 is 0 Å². The molecule has 1 saturated carbocycles. The molecule has 29 heavy (non-hydrogen) atoms. The first-order valence-corrected chi connectivity index (χ1v) is 10.4. The van der Waals surface area contributed by atoms with E-state index in [-0.39, 0.29) is 5.56 Å². The maximum absolute atomic E-state index is 12.1. The van der Waals surface area contributed by atoms with Crippen molar-refractivity contribution in [2.45, 2.75) is 59.1 Å². The molecule has 3 heterocycles. The van der Waals surface area contributed by atoms with Crippen molar-refractivity contribution in [2.75, 3.05) is 0 Å². The van der Waals surface area contributed by atoms with E-state index >= 15 is 0 Å². The third-order valence-electron chi connectivity index (χ3n) is 5.34. The van der Waals surface area contributed by atoms with Crippen LogP contribution >= 0.6 is 0 Å². The molecule has 0 aliphatic heterocycles. The average molecular weight is 393 g/mol. The minimum atomic E-state index is 0.00715. The lowest BCUT2D eigenvalue weighted by Crippen LogP contribution is -2.21. The van der Waals surface area contributed by atoms with Crippen molar-refractivity contribution >= 4 is 0 Å². The number of pyridine rings is 2. The second-order valence-corrected chi connectivity index (χ2v) is 8.25. The number of aryl methyl sites for hydroxylation is 1. The summed E-state index contributed by atoms with van der Waals surface area (Å²) in [5.74, 6) is 1.10. The second kappa shape index (κ2) is 8.23. The van der Waals surface area contributed by atoms with Crippen LogP contribution in [0.5, 0.6) is 5.88 Å². The minimum absolute atomic E-state index is 0.00715. The van der Waals surface area contributed by atoms with Gasteiger partial charge in [0.05, 0.1) is 11.9 Å². The molecule has 0 N–H and O–H groups in total. The molecule has 3 aromatic heterocycles. The third kappa shape index (κ3) is 4.42. The molecule has 0 saturated heterocycles. The Bertz CT molecular complexity index is 1050. The summed E-state index contributed by atoms with van der Waals surface area (Å²) in [4.78, 5) is 16.7. The largest absolute Gasteiger partial charge is 0.474 e. The van der Waals surface area contributed by atoms with Crippen molar-refractivity contribution in [1.29, 1.82) is 0 Å². The number of hydrogen-bond donors (Lipinski definition) is 0. The summed E-state index contributed by atoms with van der Waals surface area (Å²) in [6, 6.07) is 7.40. The SMILES string of the molecule is Cc1nc(OC2CCCC2)ccc1-c1cnn(-c2ccc(=O)n(CC(C)C)c2)c1. The van der Waals surface area contributed by atoms with Crippen molar-refractivity contribution in [2.24, 2.45) is 5.92 Å². The van der Waals surface area contributed by atoms with E-state index in [0.29, 0.717) is 24.4 Å². The number of aromatic nitrogens is 4. The molecule has 1 fully saturated rings. The van der Waals surface area contributed by atoms with Gasteiger partial charge in [-0.2, -0.15) is 5.10 Å². The van der Waals surface area contributed by atoms with Crippen LogP contribution in [0.3, 0.4) is 0 Å². The van der Waals surface area contributed by atoms with Crippen molar-refractivity contribution < 1.29 is 4.74 Å². The lowest BCUT2D eigenvalue weighted by atomic mass is 10.1. The first-order valence-electron chi connectivity index (χ1n) is 10.4. The van der Waals surface area contributed by atoms with Crippen molar-refractivity contribution in [1.82, 2.24) is 19.3 Å². The van der Waals surface area contributed by atoms with Crippen LogP contribution in [0.15, 0.2) is 47.7 Å². The van der Waals surface area contributed by atoms with Crippen LogP contribution in [0, 0.1) is 12.8 Å². The minimum Gasteiger partial charge on any atom is -0.474 e. The van der Waals surface area contributed by atoms with Gasteiger partial charge in [0.25, 0.3) is 5.56 Å². The maximum Gasteiger partial charge on any atom is 0.250 e. The summed E-state index contributed by atoms with van der Waals surface area (Å²) in [5, 5.41) is 4.50. The Morgan fingerprint density at radius 1 is 1.14 bits per heavy atom. The van der Waals surface area contributed by atoms with Crippen molar-refractivity contribution in [3.05, 3.63) is 58.9 Å². The van der Waals surface area contributed by atoms with E-state index < -0.39 is 0 Å². The molecular formula is C23H28N4O2. The van der Waals surface area contributed by atoms with E-state index in [4.69, 9.17) is 4.74 Å². The zero-order valence-corrected chi connectivity index (χ0v) is 17.3. The highest BCUT2D eigenvalue weighted by Gasteiger charge is 2.17. The second-order valence-electron chi connectivity index (χ2n) is 8.25. The van der Waals surface area contributed by atoms with E-state index in [1.807, 2.05) is 37.6 Å². The lowest BCUT2D eigenvalue weighted by Gasteiger charge is -2.13. The molecule has 0 bridgehead atoms. The standard InChI is InChI=1S/C23H28N4O2/c1-16(2)13-26-15-19(8-11-23(26)28)27-14-18(12-24-27)21-9-10-22(25-17(21)3)29-20-6-4-5-7-20/h8-12,14-16,20H,4-7,13H2,1-3H3. The van der Waals surface area contributed by atoms with Gasteiger partial charge in [0, 0.05) is 47.9 Å². The van der Waals surface area contributed by atoms with Gasteiger partial charge in [0.15, 0.2) is 0 Å². The molecular weight excluding hydrogens is 364 g/mol. The average Bonchev–Trinajstić information content (AvgIpc) is 3.35. The first kappa shape index (κ1) is 19.4. The van der Waals surface area contributed by atoms with Gasteiger partial charge in [-0.05, 0) is 50.7 Å². The van der Waals surface area contributed by atoms with Gasteiger partial charge in [-0.15, -0.1) is 0 Å². The maximum atomic E-state index is 12.1. The molecule has 0 amide bonds. The Hall–Kier alpha value is -2.89. The molecule has 3 aromatic rings. The Kier molecular flexibility index (Phi) is 5.51. The topological polar surface area (TPSA) is 61.9 Å². The fraction of sp³-hybridized carbons (Fsp3) is 0.435. The van der Waals surface area contributed by atoms with Crippen LogP contribution in [0.2, 0.25) is 0 Å². The summed E-state index contributed by atoms with van der Waals surface area (Å²) in [6.07, 6.45) is 10.7. The van der Waals surface area contributed by atoms with Gasteiger partial charge in [0.2, 0.25) is 5.88 Å². The van der Waals surface area contributed by atoms with Crippen molar-refractivity contribution in [3.8, 4) is 22.7 Å². The van der Waals surface area contributed by atoms with Crippen LogP contribution in [0.4, 0.5) is 0 Å². The summed E-state index contributed by atoms with van der Waals surface area (Å²) in [7, 11) is 0. The quantitative estimate of drug-likeness (QED) is 0.624. The molecule has 6 heteroatoms. The van der Waals surface area contributed by atoms with Gasteiger partial charge in [-0.1, -0.05) is 13.8 Å². The fourth-order valence-corrected chi connectivity index (χ4v) is 3.88. The van der Waals surface area contributed by atoms with E-state index in [9.17, 15) is 4.79 Å². The molecule has 1 aliphatic carbocycles. The highest BCUT2D eigenvalue weighted by atomic mass is 16.5. The van der Waals surface area contributed by atoms with Crippen LogP contribution in [0.1, 0.15) is 45.2 Å². The number of rotatable bonds is 6. The Balaban J connectivity index is 1.57. The number of ether oxygens (including phenoxy) is 1. The van der Waals surface area contributed by atoms with Crippen LogP contribution < -0.4 is 10.3 Å². The monoisotopic (exact) mass is 392 g/mol. The summed E-state index contributed by atoms with van der Waals surface area (Å²) in [6.45, 7) is 6.88. The Morgan fingerprint density at radius 3 is 2.66 bits per heavy atom. The zero-order valence-electron chi connectivity index (χ0n) is 17.3. The molecule has 0 aromatic carbocycles. The molecule has 1 aliphatic rings. The molecule has 0 atom stereocenters. The van der Waals surface area contributed by atoms with E-state index in [1.165, 1.54) is 12.8 Å². The normalized spacial score (nSPS) is 14.6.